The third-order valence-corrected chi connectivity index (χ3v) is 3.16. The second kappa shape index (κ2) is 5.97. The Labute approximate surface area is 111 Å². The van der Waals surface area contributed by atoms with Gasteiger partial charge in [-0.2, -0.15) is 4.98 Å². The van der Waals surface area contributed by atoms with Gasteiger partial charge < -0.3 is 15.0 Å². The molecule has 2 N–H and O–H groups in total. The van der Waals surface area contributed by atoms with Crippen LogP contribution < -0.4 is 11.0 Å². The van der Waals surface area contributed by atoms with Crippen molar-refractivity contribution in [3.05, 3.63) is 22.2 Å². The van der Waals surface area contributed by atoms with Gasteiger partial charge in [0.25, 0.3) is 0 Å². The molecule has 1 aliphatic rings. The lowest BCUT2D eigenvalue weighted by Gasteiger charge is -2.10. The number of nitrogens with zero attached hydrogens (tertiary/aromatic N) is 1. The van der Waals surface area contributed by atoms with Crippen LogP contribution in [0.5, 0.6) is 0 Å². The first-order valence-corrected chi connectivity index (χ1v) is 6.56. The molecule has 104 valence electrons. The fourth-order valence-electron chi connectivity index (χ4n) is 2.24. The molecule has 6 nitrogen and oxygen atoms in total. The molecule has 0 spiro atoms. The standard InChI is InChI=1S/C13H19N3O3/c1-8-7-11(16-13(18)14-8)15-12(17)6-5-10-4-3-9(2)19-10/h7,9-10H,3-6H2,1-2H3,(H2,14,15,16,17,18). The number of anilines is 1. The van der Waals surface area contributed by atoms with Crippen LogP contribution in [-0.2, 0) is 9.53 Å². The molecule has 1 saturated heterocycles. The van der Waals surface area contributed by atoms with Gasteiger partial charge in [-0.15, -0.1) is 0 Å². The first-order chi connectivity index (χ1) is 9.02. The molecular weight excluding hydrogens is 246 g/mol. The lowest BCUT2D eigenvalue weighted by atomic mass is 10.1. The van der Waals surface area contributed by atoms with E-state index < -0.39 is 5.69 Å². The monoisotopic (exact) mass is 265 g/mol. The number of hydrogen-bond donors (Lipinski definition) is 2. The maximum atomic E-state index is 11.8. The Hall–Kier alpha value is -1.69. The van der Waals surface area contributed by atoms with Crippen LogP contribution in [0.2, 0.25) is 0 Å². The Bertz CT molecular complexity index is 512. The van der Waals surface area contributed by atoms with Crippen molar-refractivity contribution < 1.29 is 9.53 Å². The van der Waals surface area contributed by atoms with Gasteiger partial charge in [-0.25, -0.2) is 4.79 Å². The van der Waals surface area contributed by atoms with Crippen LogP contribution in [0.3, 0.4) is 0 Å². The summed E-state index contributed by atoms with van der Waals surface area (Å²) in [5, 5.41) is 2.63. The van der Waals surface area contributed by atoms with Gasteiger partial charge >= 0.3 is 5.69 Å². The molecule has 1 aliphatic heterocycles. The smallest absolute Gasteiger partial charge is 0.347 e. The molecule has 2 heterocycles. The molecule has 1 amide bonds. The van der Waals surface area contributed by atoms with Crippen LogP contribution in [-0.4, -0.2) is 28.1 Å². The molecule has 0 aromatic carbocycles. The zero-order chi connectivity index (χ0) is 13.8. The first-order valence-electron chi connectivity index (χ1n) is 6.56. The fraction of sp³-hybridized carbons (Fsp3) is 0.615. The van der Waals surface area contributed by atoms with Gasteiger partial charge in [-0.1, -0.05) is 0 Å². The highest BCUT2D eigenvalue weighted by atomic mass is 16.5. The molecule has 1 aromatic heterocycles. The summed E-state index contributed by atoms with van der Waals surface area (Å²) in [7, 11) is 0. The van der Waals surface area contributed by atoms with E-state index in [0.717, 1.165) is 12.8 Å². The Kier molecular flexibility index (Phi) is 4.31. The predicted octanol–water partition coefficient (Wildman–Crippen LogP) is 1.36. The van der Waals surface area contributed by atoms with Crippen molar-refractivity contribution >= 4 is 11.7 Å². The number of carbonyl (C=O) groups excluding carboxylic acids is 1. The maximum absolute atomic E-state index is 11.8. The van der Waals surface area contributed by atoms with Gasteiger partial charge in [0.15, 0.2) is 0 Å². The summed E-state index contributed by atoms with van der Waals surface area (Å²) in [5.41, 5.74) is 0.214. The molecule has 0 bridgehead atoms. The molecule has 2 unspecified atom stereocenters. The van der Waals surface area contributed by atoms with Gasteiger partial charge in [0.2, 0.25) is 5.91 Å². The average Bonchev–Trinajstić information content (AvgIpc) is 2.71. The van der Waals surface area contributed by atoms with E-state index >= 15 is 0 Å². The summed E-state index contributed by atoms with van der Waals surface area (Å²) in [4.78, 5) is 29.1. The summed E-state index contributed by atoms with van der Waals surface area (Å²) >= 11 is 0. The molecule has 2 atom stereocenters. The van der Waals surface area contributed by atoms with Crippen molar-refractivity contribution in [1.29, 1.82) is 0 Å². The average molecular weight is 265 g/mol. The van der Waals surface area contributed by atoms with Crippen LogP contribution >= 0.6 is 0 Å². The summed E-state index contributed by atoms with van der Waals surface area (Å²) in [6.07, 6.45) is 3.63. The fourth-order valence-corrected chi connectivity index (χ4v) is 2.24. The van der Waals surface area contributed by atoms with Crippen molar-refractivity contribution in [2.24, 2.45) is 0 Å². The van der Waals surface area contributed by atoms with Crippen molar-refractivity contribution in [3.63, 3.8) is 0 Å². The maximum Gasteiger partial charge on any atom is 0.347 e. The van der Waals surface area contributed by atoms with Crippen molar-refractivity contribution in [2.75, 3.05) is 5.32 Å². The molecule has 1 aromatic rings. The van der Waals surface area contributed by atoms with E-state index in [2.05, 4.69) is 15.3 Å². The number of nitrogens with one attached hydrogen (secondary N) is 2. The van der Waals surface area contributed by atoms with Crippen LogP contribution in [0.4, 0.5) is 5.82 Å². The topological polar surface area (TPSA) is 84.1 Å². The highest BCUT2D eigenvalue weighted by Gasteiger charge is 2.22. The van der Waals surface area contributed by atoms with E-state index in [4.69, 9.17) is 4.74 Å². The summed E-state index contributed by atoms with van der Waals surface area (Å²) in [6, 6.07) is 1.63. The van der Waals surface area contributed by atoms with Crippen molar-refractivity contribution in [1.82, 2.24) is 9.97 Å². The zero-order valence-electron chi connectivity index (χ0n) is 11.2. The van der Waals surface area contributed by atoms with E-state index in [-0.39, 0.29) is 12.0 Å². The molecule has 19 heavy (non-hydrogen) atoms. The van der Waals surface area contributed by atoms with Gasteiger partial charge in [0.05, 0.1) is 12.2 Å². The molecule has 0 saturated carbocycles. The van der Waals surface area contributed by atoms with Gasteiger partial charge in [-0.3, -0.25) is 4.79 Å². The van der Waals surface area contributed by atoms with Crippen LogP contribution in [0.15, 0.2) is 10.9 Å². The van der Waals surface area contributed by atoms with Gasteiger partial charge in [0.1, 0.15) is 5.82 Å². The number of aromatic amines is 1. The van der Waals surface area contributed by atoms with E-state index in [1.165, 1.54) is 0 Å². The zero-order valence-corrected chi connectivity index (χ0v) is 11.2. The number of H-pyrrole nitrogens is 1. The lowest BCUT2D eigenvalue weighted by Crippen LogP contribution is -2.20. The molecule has 1 fully saturated rings. The third kappa shape index (κ3) is 4.17. The van der Waals surface area contributed by atoms with Crippen molar-refractivity contribution in [3.8, 4) is 0 Å². The molecule has 0 aliphatic carbocycles. The Morgan fingerprint density at radius 3 is 3.00 bits per heavy atom. The SMILES string of the molecule is Cc1cc(NC(=O)CCC2CCC(C)O2)nc(=O)[nH]1. The highest BCUT2D eigenvalue weighted by Crippen LogP contribution is 2.22. The Balaban J connectivity index is 1.82. The van der Waals surface area contributed by atoms with E-state index in [1.54, 1.807) is 13.0 Å². The largest absolute Gasteiger partial charge is 0.375 e. The summed E-state index contributed by atoms with van der Waals surface area (Å²) in [5.74, 6) is 0.160. The van der Waals surface area contributed by atoms with Crippen LogP contribution in [0, 0.1) is 6.92 Å². The summed E-state index contributed by atoms with van der Waals surface area (Å²) in [6.45, 7) is 3.79. The molecule has 6 heteroatoms. The second-order valence-corrected chi connectivity index (χ2v) is 4.99. The minimum atomic E-state index is -0.455. The Morgan fingerprint density at radius 1 is 1.58 bits per heavy atom. The van der Waals surface area contributed by atoms with Gasteiger partial charge in [-0.05, 0) is 33.1 Å². The minimum Gasteiger partial charge on any atom is -0.375 e. The molecular formula is C13H19N3O3. The molecule has 2 rings (SSSR count). The normalized spacial score (nSPS) is 22.4. The number of hydrogen-bond acceptors (Lipinski definition) is 4. The van der Waals surface area contributed by atoms with Gasteiger partial charge in [0, 0.05) is 18.2 Å². The third-order valence-electron chi connectivity index (χ3n) is 3.16. The summed E-state index contributed by atoms with van der Waals surface area (Å²) < 4.78 is 5.65. The number of aromatic nitrogens is 2. The number of aryl methyl sites for hydroxylation is 1. The highest BCUT2D eigenvalue weighted by molar-refractivity contribution is 5.89. The quantitative estimate of drug-likeness (QED) is 0.861. The lowest BCUT2D eigenvalue weighted by molar-refractivity contribution is -0.116. The number of carbonyl (C=O) groups is 1. The van der Waals surface area contributed by atoms with Crippen molar-refractivity contribution in [2.45, 2.75) is 51.7 Å². The minimum absolute atomic E-state index is 0.138. The predicted molar refractivity (Wildman–Crippen MR) is 71.0 cm³/mol. The van der Waals surface area contributed by atoms with E-state index in [0.29, 0.717) is 30.5 Å². The van der Waals surface area contributed by atoms with E-state index in [9.17, 15) is 9.59 Å². The number of rotatable bonds is 4. The first kappa shape index (κ1) is 13.7. The second-order valence-electron chi connectivity index (χ2n) is 4.99. The van der Waals surface area contributed by atoms with E-state index in [1.807, 2.05) is 6.92 Å². The van der Waals surface area contributed by atoms with Crippen LogP contribution in [0.25, 0.3) is 0 Å². The van der Waals surface area contributed by atoms with Crippen LogP contribution in [0.1, 0.15) is 38.3 Å². The number of amides is 1. The Morgan fingerprint density at radius 2 is 2.37 bits per heavy atom. The molecule has 0 radical (unpaired) electrons. The number of ether oxygens (including phenoxy) is 1.